The first-order valence-electron chi connectivity index (χ1n) is 3.17. The minimum atomic E-state index is -0.135. The molecule has 2 heteroatoms. The maximum atomic E-state index is 12.6. The molecule has 0 radical (unpaired) electrons. The lowest BCUT2D eigenvalue weighted by atomic mass is 10.2. The van der Waals surface area contributed by atoms with Gasteiger partial charge in [0, 0.05) is 3.57 Å². The molecule has 0 saturated carbocycles. The summed E-state index contributed by atoms with van der Waals surface area (Å²) in [5.74, 6) is -0.135. The Hall–Kier alpha value is -0.120. The van der Waals surface area contributed by atoms with E-state index in [0.29, 0.717) is 0 Å². The smallest absolute Gasteiger partial charge is 0.124 e. The quantitative estimate of drug-likeness (QED) is 0.672. The third-order valence-electron chi connectivity index (χ3n) is 1.33. The topological polar surface area (TPSA) is 0 Å². The van der Waals surface area contributed by atoms with Crippen molar-refractivity contribution in [3.05, 3.63) is 33.1 Å². The number of halogens is 2. The molecule has 0 aliphatic carbocycles. The third-order valence-corrected chi connectivity index (χ3v) is 1.95. The van der Waals surface area contributed by atoms with Crippen LogP contribution in [-0.2, 0) is 6.42 Å². The second kappa shape index (κ2) is 3.32. The van der Waals surface area contributed by atoms with E-state index in [1.807, 2.05) is 13.0 Å². The van der Waals surface area contributed by atoms with E-state index in [1.165, 1.54) is 6.07 Å². The van der Waals surface area contributed by atoms with Gasteiger partial charge in [-0.1, -0.05) is 6.92 Å². The summed E-state index contributed by atoms with van der Waals surface area (Å²) in [5, 5.41) is 0. The molecule has 0 atom stereocenters. The van der Waals surface area contributed by atoms with Crippen LogP contribution in [0.2, 0.25) is 0 Å². The van der Waals surface area contributed by atoms with Crippen LogP contribution >= 0.6 is 22.6 Å². The maximum Gasteiger partial charge on any atom is 0.124 e. The van der Waals surface area contributed by atoms with Crippen LogP contribution < -0.4 is 0 Å². The molecule has 0 aromatic heterocycles. The van der Waals surface area contributed by atoms with Gasteiger partial charge < -0.3 is 0 Å². The molecule has 0 fully saturated rings. The van der Waals surface area contributed by atoms with Crippen LogP contribution in [-0.4, -0.2) is 0 Å². The fraction of sp³-hybridized carbons (Fsp3) is 0.250. The van der Waals surface area contributed by atoms with E-state index in [9.17, 15) is 4.39 Å². The second-order valence-electron chi connectivity index (χ2n) is 2.13. The average Bonchev–Trinajstić information content (AvgIpc) is 1.85. The molecule has 1 aromatic rings. The SMILES string of the molecule is CCc1cc(F)cc(I)c1. The van der Waals surface area contributed by atoms with Crippen molar-refractivity contribution < 1.29 is 4.39 Å². The first kappa shape index (κ1) is 7.98. The molecule has 0 nitrogen and oxygen atoms in total. The molecule has 0 spiro atoms. The van der Waals surface area contributed by atoms with E-state index in [4.69, 9.17) is 0 Å². The van der Waals surface area contributed by atoms with Gasteiger partial charge in [0.05, 0.1) is 0 Å². The molecule has 0 saturated heterocycles. The van der Waals surface area contributed by atoms with Gasteiger partial charge in [-0.15, -0.1) is 0 Å². The average molecular weight is 250 g/mol. The highest BCUT2D eigenvalue weighted by molar-refractivity contribution is 14.1. The first-order chi connectivity index (χ1) is 4.72. The molecule has 0 N–H and O–H groups in total. The summed E-state index contributed by atoms with van der Waals surface area (Å²) in [6, 6.07) is 5.09. The van der Waals surface area contributed by atoms with Crippen LogP contribution in [0.15, 0.2) is 18.2 Å². The van der Waals surface area contributed by atoms with Gasteiger partial charge in [0.2, 0.25) is 0 Å². The highest BCUT2D eigenvalue weighted by Crippen LogP contribution is 2.11. The van der Waals surface area contributed by atoms with E-state index < -0.39 is 0 Å². The van der Waals surface area contributed by atoms with Gasteiger partial charge in [-0.25, -0.2) is 4.39 Å². The van der Waals surface area contributed by atoms with E-state index in [2.05, 4.69) is 22.6 Å². The van der Waals surface area contributed by atoms with Gasteiger partial charge in [-0.3, -0.25) is 0 Å². The zero-order valence-corrected chi connectivity index (χ0v) is 7.85. The Morgan fingerprint density at radius 2 is 2.10 bits per heavy atom. The fourth-order valence-corrected chi connectivity index (χ4v) is 1.51. The molecule has 0 unspecified atom stereocenters. The zero-order valence-electron chi connectivity index (χ0n) is 5.70. The van der Waals surface area contributed by atoms with Crippen molar-refractivity contribution in [3.8, 4) is 0 Å². The van der Waals surface area contributed by atoms with Crippen molar-refractivity contribution in [2.45, 2.75) is 13.3 Å². The lowest BCUT2D eigenvalue weighted by Crippen LogP contribution is -1.84. The van der Waals surface area contributed by atoms with Crippen molar-refractivity contribution in [3.63, 3.8) is 0 Å². The molecule has 1 rings (SSSR count). The Balaban J connectivity index is 3.06. The van der Waals surface area contributed by atoms with Gasteiger partial charge in [0.1, 0.15) is 5.82 Å². The van der Waals surface area contributed by atoms with Crippen LogP contribution in [0.25, 0.3) is 0 Å². The predicted molar refractivity (Wildman–Crippen MR) is 48.5 cm³/mol. The molecule has 0 aliphatic heterocycles. The summed E-state index contributed by atoms with van der Waals surface area (Å²) in [6.07, 6.45) is 0.897. The molecule has 0 aliphatic rings. The van der Waals surface area contributed by atoms with Crippen molar-refractivity contribution >= 4 is 22.6 Å². The Kier molecular flexibility index (Phi) is 2.65. The van der Waals surface area contributed by atoms with Crippen LogP contribution in [0.1, 0.15) is 12.5 Å². The van der Waals surface area contributed by atoms with Crippen molar-refractivity contribution in [1.82, 2.24) is 0 Å². The van der Waals surface area contributed by atoms with Gasteiger partial charge in [0.15, 0.2) is 0 Å². The summed E-state index contributed by atoms with van der Waals surface area (Å²) in [5.41, 5.74) is 1.06. The standard InChI is InChI=1S/C8H8FI/c1-2-6-3-7(9)5-8(10)4-6/h3-5H,2H2,1H3. The Morgan fingerprint density at radius 1 is 1.40 bits per heavy atom. The number of benzene rings is 1. The van der Waals surface area contributed by atoms with Gasteiger partial charge in [-0.2, -0.15) is 0 Å². The molecular formula is C8H8FI. The Labute approximate surface area is 73.6 Å². The first-order valence-corrected chi connectivity index (χ1v) is 4.25. The van der Waals surface area contributed by atoms with E-state index in [0.717, 1.165) is 15.6 Å². The number of aryl methyl sites for hydroxylation is 1. The second-order valence-corrected chi connectivity index (χ2v) is 3.38. The predicted octanol–water partition coefficient (Wildman–Crippen LogP) is 2.99. The van der Waals surface area contributed by atoms with Crippen LogP contribution in [0.3, 0.4) is 0 Å². The summed E-state index contributed by atoms with van der Waals surface area (Å²) in [6.45, 7) is 2.02. The number of hydrogen-bond donors (Lipinski definition) is 0. The molecule has 1 aromatic carbocycles. The third kappa shape index (κ3) is 1.94. The van der Waals surface area contributed by atoms with Crippen LogP contribution in [0.5, 0.6) is 0 Å². The zero-order chi connectivity index (χ0) is 7.56. The van der Waals surface area contributed by atoms with E-state index in [-0.39, 0.29) is 5.82 Å². The molecule has 0 amide bonds. The molecular weight excluding hydrogens is 242 g/mol. The normalized spacial score (nSPS) is 9.90. The molecule has 54 valence electrons. The number of rotatable bonds is 1. The highest BCUT2D eigenvalue weighted by atomic mass is 127. The summed E-state index contributed by atoms with van der Waals surface area (Å²) < 4.78 is 13.6. The molecule has 10 heavy (non-hydrogen) atoms. The minimum Gasteiger partial charge on any atom is -0.207 e. The molecule has 0 heterocycles. The van der Waals surface area contributed by atoms with Crippen molar-refractivity contribution in [1.29, 1.82) is 0 Å². The van der Waals surface area contributed by atoms with Gasteiger partial charge >= 0.3 is 0 Å². The van der Waals surface area contributed by atoms with E-state index in [1.54, 1.807) is 6.07 Å². The van der Waals surface area contributed by atoms with Crippen LogP contribution in [0, 0.1) is 9.39 Å². The largest absolute Gasteiger partial charge is 0.207 e. The molecule has 0 bridgehead atoms. The Bertz CT molecular complexity index is 212. The summed E-state index contributed by atoms with van der Waals surface area (Å²) in [7, 11) is 0. The van der Waals surface area contributed by atoms with Crippen molar-refractivity contribution in [2.75, 3.05) is 0 Å². The lowest BCUT2D eigenvalue weighted by molar-refractivity contribution is 0.624. The minimum absolute atomic E-state index is 0.135. The van der Waals surface area contributed by atoms with Gasteiger partial charge in [-0.05, 0) is 52.8 Å². The number of hydrogen-bond acceptors (Lipinski definition) is 0. The van der Waals surface area contributed by atoms with Crippen molar-refractivity contribution in [2.24, 2.45) is 0 Å². The highest BCUT2D eigenvalue weighted by Gasteiger charge is 1.95. The van der Waals surface area contributed by atoms with E-state index >= 15 is 0 Å². The van der Waals surface area contributed by atoms with Crippen LogP contribution in [0.4, 0.5) is 4.39 Å². The monoisotopic (exact) mass is 250 g/mol. The summed E-state index contributed by atoms with van der Waals surface area (Å²) >= 11 is 2.11. The maximum absolute atomic E-state index is 12.6. The van der Waals surface area contributed by atoms with Gasteiger partial charge in [0.25, 0.3) is 0 Å². The Morgan fingerprint density at radius 3 is 2.60 bits per heavy atom. The summed E-state index contributed by atoms with van der Waals surface area (Å²) in [4.78, 5) is 0. The fourth-order valence-electron chi connectivity index (χ4n) is 0.815. The lowest BCUT2D eigenvalue weighted by Gasteiger charge is -1.96.